The molecule has 5 heteroatoms. The number of anilines is 1. The summed E-state index contributed by atoms with van der Waals surface area (Å²) in [6.07, 6.45) is 3.14. The summed E-state index contributed by atoms with van der Waals surface area (Å²) in [5.74, 6) is -0.258. The van der Waals surface area contributed by atoms with E-state index in [1.165, 1.54) is 6.08 Å². The molecule has 4 nitrogen and oxygen atoms in total. The van der Waals surface area contributed by atoms with Crippen molar-refractivity contribution in [3.8, 4) is 0 Å². The molecule has 0 saturated heterocycles. The summed E-state index contributed by atoms with van der Waals surface area (Å²) in [7, 11) is 0. The third-order valence-electron chi connectivity index (χ3n) is 3.73. The quantitative estimate of drug-likeness (QED) is 0.776. The zero-order valence-electron chi connectivity index (χ0n) is 14.3. The Balaban J connectivity index is 1.98. The molecule has 2 aromatic rings. The summed E-state index contributed by atoms with van der Waals surface area (Å²) in [6.45, 7) is 5.23. The van der Waals surface area contributed by atoms with Crippen LogP contribution in [0.4, 0.5) is 5.69 Å². The number of carbonyl (C=O) groups is 2. The fourth-order valence-corrected chi connectivity index (χ4v) is 2.55. The summed E-state index contributed by atoms with van der Waals surface area (Å²) < 4.78 is 0. The lowest BCUT2D eigenvalue weighted by Gasteiger charge is -2.18. The average molecular weight is 357 g/mol. The molecule has 0 atom stereocenters. The Morgan fingerprint density at radius 3 is 2.36 bits per heavy atom. The molecule has 2 aromatic carbocycles. The first-order chi connectivity index (χ1) is 12.0. The molecule has 0 heterocycles. The number of carbonyl (C=O) groups excluding carboxylic acids is 2. The summed E-state index contributed by atoms with van der Waals surface area (Å²) in [6, 6.07) is 14.1. The van der Waals surface area contributed by atoms with Crippen molar-refractivity contribution in [3.63, 3.8) is 0 Å². The van der Waals surface area contributed by atoms with Crippen LogP contribution in [0.3, 0.4) is 0 Å². The molecule has 0 aliphatic carbocycles. The normalized spacial score (nSPS) is 10.7. The molecule has 0 unspecified atom stereocenters. The molecule has 0 aliphatic heterocycles. The number of amides is 2. The zero-order valence-corrected chi connectivity index (χ0v) is 15.1. The minimum absolute atomic E-state index is 0.0104. The Morgan fingerprint density at radius 1 is 1.08 bits per heavy atom. The molecule has 2 rings (SSSR count). The number of halogens is 1. The lowest BCUT2D eigenvalue weighted by Crippen LogP contribution is -2.30. The van der Waals surface area contributed by atoms with Gasteiger partial charge in [-0.3, -0.25) is 9.59 Å². The number of hydrogen-bond acceptors (Lipinski definition) is 2. The van der Waals surface area contributed by atoms with Crippen LogP contribution < -0.4 is 5.32 Å². The second-order valence-corrected chi connectivity index (χ2v) is 5.87. The third-order valence-corrected chi connectivity index (χ3v) is 3.96. The maximum atomic E-state index is 12.2. The highest BCUT2D eigenvalue weighted by Crippen LogP contribution is 2.13. The fourth-order valence-electron chi connectivity index (χ4n) is 2.36. The Morgan fingerprint density at radius 2 is 1.76 bits per heavy atom. The zero-order chi connectivity index (χ0) is 18.2. The van der Waals surface area contributed by atoms with Gasteiger partial charge < -0.3 is 10.2 Å². The van der Waals surface area contributed by atoms with Crippen molar-refractivity contribution in [1.29, 1.82) is 0 Å². The van der Waals surface area contributed by atoms with Gasteiger partial charge in [0.2, 0.25) is 5.91 Å². The van der Waals surface area contributed by atoms with Crippen LogP contribution in [0.5, 0.6) is 0 Å². The van der Waals surface area contributed by atoms with Gasteiger partial charge in [0.25, 0.3) is 5.91 Å². The van der Waals surface area contributed by atoms with Crippen molar-refractivity contribution in [2.24, 2.45) is 0 Å². The van der Waals surface area contributed by atoms with Gasteiger partial charge in [-0.15, -0.1) is 0 Å². The number of benzene rings is 2. The van der Waals surface area contributed by atoms with Crippen LogP contribution in [0, 0.1) is 0 Å². The maximum absolute atomic E-state index is 12.2. The Labute approximate surface area is 153 Å². The first kappa shape index (κ1) is 18.7. The second-order valence-electron chi connectivity index (χ2n) is 5.43. The van der Waals surface area contributed by atoms with Crippen LogP contribution in [0.2, 0.25) is 5.02 Å². The van der Waals surface area contributed by atoms with Crippen molar-refractivity contribution in [3.05, 3.63) is 70.8 Å². The van der Waals surface area contributed by atoms with Crippen molar-refractivity contribution >= 4 is 35.2 Å². The van der Waals surface area contributed by atoms with Gasteiger partial charge in [0.1, 0.15) is 0 Å². The van der Waals surface area contributed by atoms with Crippen LogP contribution in [-0.4, -0.2) is 29.8 Å². The summed E-state index contributed by atoms with van der Waals surface area (Å²) >= 11 is 5.91. The van der Waals surface area contributed by atoms with E-state index < -0.39 is 0 Å². The smallest absolute Gasteiger partial charge is 0.253 e. The number of hydrogen-bond donors (Lipinski definition) is 1. The van der Waals surface area contributed by atoms with Gasteiger partial charge in [0.05, 0.1) is 0 Å². The summed E-state index contributed by atoms with van der Waals surface area (Å²) in [5, 5.41) is 3.39. The first-order valence-electron chi connectivity index (χ1n) is 8.17. The second kappa shape index (κ2) is 9.04. The lowest BCUT2D eigenvalue weighted by molar-refractivity contribution is -0.111. The van der Waals surface area contributed by atoms with Gasteiger partial charge in [-0.1, -0.05) is 23.7 Å². The van der Waals surface area contributed by atoms with Crippen molar-refractivity contribution < 1.29 is 9.59 Å². The van der Waals surface area contributed by atoms with Crippen LogP contribution in [0.15, 0.2) is 54.6 Å². The molecule has 25 heavy (non-hydrogen) atoms. The maximum Gasteiger partial charge on any atom is 0.253 e. The highest BCUT2D eigenvalue weighted by Gasteiger charge is 2.12. The van der Waals surface area contributed by atoms with E-state index in [2.05, 4.69) is 5.32 Å². The molecular formula is C20H21ClN2O2. The van der Waals surface area contributed by atoms with Gasteiger partial charge in [0, 0.05) is 35.4 Å². The lowest BCUT2D eigenvalue weighted by atomic mass is 10.1. The minimum Gasteiger partial charge on any atom is -0.339 e. The standard InChI is InChI=1S/C20H21ClN2O2/c1-3-23(4-2)20(25)16-9-11-18(12-10-16)22-19(24)13-8-15-6-5-7-17(21)14-15/h5-14H,3-4H2,1-2H3,(H,22,24)/b13-8+. The molecule has 0 bridgehead atoms. The van der Waals surface area contributed by atoms with Gasteiger partial charge in [-0.05, 0) is 61.9 Å². The number of nitrogens with one attached hydrogen (secondary N) is 1. The van der Waals surface area contributed by atoms with E-state index in [0.717, 1.165) is 5.56 Å². The van der Waals surface area contributed by atoms with Crippen LogP contribution in [-0.2, 0) is 4.79 Å². The molecule has 0 spiro atoms. The Hall–Kier alpha value is -2.59. The van der Waals surface area contributed by atoms with Crippen molar-refractivity contribution in [2.45, 2.75) is 13.8 Å². The van der Waals surface area contributed by atoms with Gasteiger partial charge in [0.15, 0.2) is 0 Å². The predicted molar refractivity (Wildman–Crippen MR) is 103 cm³/mol. The molecule has 0 aromatic heterocycles. The van der Waals surface area contributed by atoms with E-state index in [1.54, 1.807) is 47.4 Å². The molecule has 0 radical (unpaired) electrons. The average Bonchev–Trinajstić information content (AvgIpc) is 2.61. The number of nitrogens with zero attached hydrogens (tertiary/aromatic N) is 1. The molecule has 0 aliphatic rings. The van der Waals surface area contributed by atoms with Crippen molar-refractivity contribution in [2.75, 3.05) is 18.4 Å². The van der Waals surface area contributed by atoms with Crippen LogP contribution >= 0.6 is 11.6 Å². The Bertz CT molecular complexity index is 766. The number of rotatable bonds is 6. The third kappa shape index (κ3) is 5.47. The van der Waals surface area contributed by atoms with Crippen LogP contribution in [0.1, 0.15) is 29.8 Å². The minimum atomic E-state index is -0.247. The van der Waals surface area contributed by atoms with Crippen molar-refractivity contribution in [1.82, 2.24) is 4.90 Å². The highest BCUT2D eigenvalue weighted by molar-refractivity contribution is 6.30. The fraction of sp³-hybridized carbons (Fsp3) is 0.200. The van der Waals surface area contributed by atoms with Gasteiger partial charge in [-0.2, -0.15) is 0 Å². The predicted octanol–water partition coefficient (Wildman–Crippen LogP) is 4.47. The van der Waals surface area contributed by atoms with Gasteiger partial charge >= 0.3 is 0 Å². The highest BCUT2D eigenvalue weighted by atomic mass is 35.5. The van der Waals surface area contributed by atoms with E-state index >= 15 is 0 Å². The monoisotopic (exact) mass is 356 g/mol. The largest absolute Gasteiger partial charge is 0.339 e. The van der Waals surface area contributed by atoms with Crippen LogP contribution in [0.25, 0.3) is 6.08 Å². The topological polar surface area (TPSA) is 49.4 Å². The van der Waals surface area contributed by atoms with E-state index in [1.807, 2.05) is 26.0 Å². The molecule has 0 saturated carbocycles. The van der Waals surface area contributed by atoms with E-state index in [-0.39, 0.29) is 11.8 Å². The van der Waals surface area contributed by atoms with E-state index in [9.17, 15) is 9.59 Å². The van der Waals surface area contributed by atoms with Gasteiger partial charge in [-0.25, -0.2) is 0 Å². The molecule has 130 valence electrons. The van der Waals surface area contributed by atoms with E-state index in [0.29, 0.717) is 29.4 Å². The first-order valence-corrected chi connectivity index (χ1v) is 8.55. The molecule has 2 amide bonds. The molecular weight excluding hydrogens is 336 g/mol. The molecule has 1 N–H and O–H groups in total. The molecule has 0 fully saturated rings. The SMILES string of the molecule is CCN(CC)C(=O)c1ccc(NC(=O)/C=C/c2cccc(Cl)c2)cc1. The summed E-state index contributed by atoms with van der Waals surface area (Å²) in [4.78, 5) is 26.0. The van der Waals surface area contributed by atoms with E-state index in [4.69, 9.17) is 11.6 Å². The summed E-state index contributed by atoms with van der Waals surface area (Å²) in [5.41, 5.74) is 2.09. The Kier molecular flexibility index (Phi) is 6.78.